The van der Waals surface area contributed by atoms with Crippen LogP contribution in [0.5, 0.6) is 11.5 Å². The number of nitrogens with zero attached hydrogens (tertiary/aromatic N) is 1. The van der Waals surface area contributed by atoms with E-state index in [9.17, 15) is 0 Å². The molecule has 22 heavy (non-hydrogen) atoms. The number of benzene rings is 1. The summed E-state index contributed by atoms with van der Waals surface area (Å²) in [5.74, 6) is 2.54. The lowest BCUT2D eigenvalue weighted by Gasteiger charge is -2.16. The third-order valence-corrected chi connectivity index (χ3v) is 3.72. The summed E-state index contributed by atoms with van der Waals surface area (Å²) in [7, 11) is 1.80. The molecular formula is C16H22IN3O2. The Morgan fingerprint density at radius 2 is 2.00 bits per heavy atom. The molecule has 0 atom stereocenters. The molecule has 2 N–H and O–H groups in total. The molecule has 1 aromatic rings. The first-order chi connectivity index (χ1) is 10.3. The standard InChI is InChI=1S/C16H21N3O2.HI/c1-17-16(19-13-4-2-3-5-13)18-9-8-12-6-7-14-15(10-12)21-11-20-14;/h2-3,6-7,10,13H,4-5,8-9,11H2,1H3,(H2,17,18,19);1H. The lowest BCUT2D eigenvalue weighted by atomic mass is 10.1. The summed E-state index contributed by atoms with van der Waals surface area (Å²) in [5.41, 5.74) is 1.23. The summed E-state index contributed by atoms with van der Waals surface area (Å²) in [6, 6.07) is 6.56. The fourth-order valence-electron chi connectivity index (χ4n) is 2.54. The lowest BCUT2D eigenvalue weighted by Crippen LogP contribution is -2.43. The average Bonchev–Trinajstić information content (AvgIpc) is 3.16. The van der Waals surface area contributed by atoms with Gasteiger partial charge in [0.15, 0.2) is 17.5 Å². The topological polar surface area (TPSA) is 54.9 Å². The van der Waals surface area contributed by atoms with Crippen LogP contribution in [-0.2, 0) is 6.42 Å². The number of halogens is 1. The minimum Gasteiger partial charge on any atom is -0.454 e. The van der Waals surface area contributed by atoms with E-state index in [2.05, 4.69) is 33.8 Å². The first-order valence-corrected chi connectivity index (χ1v) is 7.36. The molecule has 1 heterocycles. The highest BCUT2D eigenvalue weighted by molar-refractivity contribution is 14.0. The van der Waals surface area contributed by atoms with Gasteiger partial charge in [0, 0.05) is 19.6 Å². The van der Waals surface area contributed by atoms with E-state index in [-0.39, 0.29) is 24.0 Å². The van der Waals surface area contributed by atoms with Gasteiger partial charge in [-0.15, -0.1) is 24.0 Å². The van der Waals surface area contributed by atoms with Crippen LogP contribution in [0.2, 0.25) is 0 Å². The molecule has 5 nitrogen and oxygen atoms in total. The number of fused-ring (bicyclic) bond motifs is 1. The smallest absolute Gasteiger partial charge is 0.231 e. The fourth-order valence-corrected chi connectivity index (χ4v) is 2.54. The molecule has 0 aromatic heterocycles. The van der Waals surface area contributed by atoms with Gasteiger partial charge in [-0.2, -0.15) is 0 Å². The fraction of sp³-hybridized carbons (Fsp3) is 0.438. The quantitative estimate of drug-likeness (QED) is 0.344. The van der Waals surface area contributed by atoms with Crippen LogP contribution in [-0.4, -0.2) is 32.4 Å². The second-order valence-electron chi connectivity index (χ2n) is 5.22. The summed E-state index contributed by atoms with van der Waals surface area (Å²) in [6.45, 7) is 1.16. The largest absolute Gasteiger partial charge is 0.454 e. The Labute approximate surface area is 148 Å². The summed E-state index contributed by atoms with van der Waals surface area (Å²) in [4.78, 5) is 4.26. The Hall–Kier alpha value is -1.44. The van der Waals surface area contributed by atoms with Crippen molar-refractivity contribution in [3.05, 3.63) is 35.9 Å². The molecule has 0 bridgehead atoms. The number of ether oxygens (including phenoxy) is 2. The molecular weight excluding hydrogens is 393 g/mol. The maximum absolute atomic E-state index is 5.39. The minimum atomic E-state index is 0. The van der Waals surface area contributed by atoms with Crippen molar-refractivity contribution in [1.82, 2.24) is 10.6 Å². The summed E-state index contributed by atoms with van der Waals surface area (Å²) in [5, 5.41) is 6.78. The van der Waals surface area contributed by atoms with Crippen LogP contribution in [0.15, 0.2) is 35.3 Å². The van der Waals surface area contributed by atoms with E-state index in [0.717, 1.165) is 43.3 Å². The van der Waals surface area contributed by atoms with Gasteiger partial charge in [0.25, 0.3) is 0 Å². The van der Waals surface area contributed by atoms with Crippen LogP contribution in [0.3, 0.4) is 0 Å². The molecule has 1 aromatic carbocycles. The van der Waals surface area contributed by atoms with Crippen molar-refractivity contribution < 1.29 is 9.47 Å². The van der Waals surface area contributed by atoms with Crippen LogP contribution in [0, 0.1) is 0 Å². The highest BCUT2D eigenvalue weighted by Gasteiger charge is 2.13. The molecule has 1 aliphatic carbocycles. The molecule has 0 saturated heterocycles. The number of hydrogen-bond donors (Lipinski definition) is 2. The van der Waals surface area contributed by atoms with Gasteiger partial charge < -0.3 is 20.1 Å². The Morgan fingerprint density at radius 1 is 1.23 bits per heavy atom. The Balaban J connectivity index is 0.00000176. The average molecular weight is 415 g/mol. The molecule has 0 amide bonds. The Kier molecular flexibility index (Phi) is 6.35. The zero-order valence-corrected chi connectivity index (χ0v) is 15.0. The van der Waals surface area contributed by atoms with Gasteiger partial charge in [-0.05, 0) is 37.0 Å². The number of hydrogen-bond acceptors (Lipinski definition) is 3. The van der Waals surface area contributed by atoms with Gasteiger partial charge >= 0.3 is 0 Å². The number of rotatable bonds is 4. The molecule has 0 fully saturated rings. The van der Waals surface area contributed by atoms with Gasteiger partial charge in [0.05, 0.1) is 0 Å². The van der Waals surface area contributed by atoms with Gasteiger partial charge in [0.2, 0.25) is 6.79 Å². The van der Waals surface area contributed by atoms with E-state index in [4.69, 9.17) is 9.47 Å². The van der Waals surface area contributed by atoms with Crippen LogP contribution in [0.4, 0.5) is 0 Å². The van der Waals surface area contributed by atoms with E-state index in [1.807, 2.05) is 12.1 Å². The van der Waals surface area contributed by atoms with E-state index in [1.165, 1.54) is 5.56 Å². The minimum absolute atomic E-state index is 0. The summed E-state index contributed by atoms with van der Waals surface area (Å²) < 4.78 is 10.7. The van der Waals surface area contributed by atoms with Crippen LogP contribution in [0.1, 0.15) is 18.4 Å². The van der Waals surface area contributed by atoms with Crippen LogP contribution < -0.4 is 20.1 Å². The third-order valence-electron chi connectivity index (χ3n) is 3.72. The first-order valence-electron chi connectivity index (χ1n) is 7.36. The number of nitrogens with one attached hydrogen (secondary N) is 2. The first kappa shape index (κ1) is 16.9. The maximum Gasteiger partial charge on any atom is 0.231 e. The zero-order chi connectivity index (χ0) is 14.5. The van der Waals surface area contributed by atoms with Crippen molar-refractivity contribution in [2.45, 2.75) is 25.3 Å². The summed E-state index contributed by atoms with van der Waals surface area (Å²) in [6.07, 6.45) is 7.47. The van der Waals surface area contributed by atoms with E-state index < -0.39 is 0 Å². The molecule has 6 heteroatoms. The van der Waals surface area contributed by atoms with Gasteiger partial charge in [-0.25, -0.2) is 0 Å². The van der Waals surface area contributed by atoms with Crippen LogP contribution >= 0.6 is 24.0 Å². The van der Waals surface area contributed by atoms with Gasteiger partial charge in [0.1, 0.15) is 0 Å². The molecule has 120 valence electrons. The summed E-state index contributed by atoms with van der Waals surface area (Å²) >= 11 is 0. The van der Waals surface area contributed by atoms with E-state index in [0.29, 0.717) is 12.8 Å². The highest BCUT2D eigenvalue weighted by Crippen LogP contribution is 2.32. The molecule has 0 unspecified atom stereocenters. The number of guanidine groups is 1. The van der Waals surface area contributed by atoms with Crippen molar-refractivity contribution in [1.29, 1.82) is 0 Å². The SMILES string of the molecule is CN=C(NCCc1ccc2c(c1)OCO2)NC1CC=CC1.I. The molecule has 0 spiro atoms. The Bertz CT molecular complexity index is 552. The highest BCUT2D eigenvalue weighted by atomic mass is 127. The lowest BCUT2D eigenvalue weighted by molar-refractivity contribution is 0.174. The predicted octanol–water partition coefficient (Wildman–Crippen LogP) is 2.46. The Morgan fingerprint density at radius 3 is 2.77 bits per heavy atom. The maximum atomic E-state index is 5.39. The molecule has 1 aliphatic heterocycles. The van der Waals surface area contributed by atoms with E-state index >= 15 is 0 Å². The normalized spacial score (nSPS) is 16.5. The van der Waals surface area contributed by atoms with Crippen molar-refractivity contribution >= 4 is 29.9 Å². The van der Waals surface area contributed by atoms with Crippen molar-refractivity contribution in [2.24, 2.45) is 4.99 Å². The monoisotopic (exact) mass is 415 g/mol. The molecule has 0 saturated carbocycles. The molecule has 2 aliphatic rings. The third kappa shape index (κ3) is 4.28. The van der Waals surface area contributed by atoms with E-state index in [1.54, 1.807) is 7.05 Å². The van der Waals surface area contributed by atoms with Crippen molar-refractivity contribution in [3.8, 4) is 11.5 Å². The number of aliphatic imine (C=N–C) groups is 1. The van der Waals surface area contributed by atoms with Crippen molar-refractivity contribution in [3.63, 3.8) is 0 Å². The second-order valence-corrected chi connectivity index (χ2v) is 5.22. The van der Waals surface area contributed by atoms with Gasteiger partial charge in [-0.1, -0.05) is 18.2 Å². The molecule has 0 radical (unpaired) electrons. The molecule has 3 rings (SSSR count). The second kappa shape index (κ2) is 8.26. The van der Waals surface area contributed by atoms with Gasteiger partial charge in [-0.3, -0.25) is 4.99 Å². The van der Waals surface area contributed by atoms with Crippen molar-refractivity contribution in [2.75, 3.05) is 20.4 Å². The predicted molar refractivity (Wildman–Crippen MR) is 98.3 cm³/mol. The zero-order valence-electron chi connectivity index (χ0n) is 12.7. The van der Waals surface area contributed by atoms with Crippen LogP contribution in [0.25, 0.3) is 0 Å².